The number of carbonyl (C=O) groups excluding carboxylic acids is 1. The molecule has 0 saturated heterocycles. The smallest absolute Gasteiger partial charge is 0.246 e. The first kappa shape index (κ1) is 12.6. The van der Waals surface area contributed by atoms with E-state index < -0.39 is 0 Å². The third-order valence-corrected chi connectivity index (χ3v) is 4.04. The highest BCUT2D eigenvalue weighted by atomic mass is 32.1. The fourth-order valence-electron chi connectivity index (χ4n) is 1.96. The van der Waals surface area contributed by atoms with E-state index in [-0.39, 0.29) is 18.6 Å². The minimum atomic E-state index is -0.0349. The normalized spacial score (nSPS) is 14.1. The number of carbonyl (C=O) groups is 1. The van der Waals surface area contributed by atoms with E-state index in [9.17, 15) is 4.79 Å². The summed E-state index contributed by atoms with van der Waals surface area (Å²) in [6.45, 7) is 4.65. The van der Waals surface area contributed by atoms with Gasteiger partial charge in [0.05, 0.1) is 12.6 Å². The number of fused-ring (bicyclic) bond motifs is 1. The summed E-state index contributed by atoms with van der Waals surface area (Å²) in [4.78, 5) is 14.2. The van der Waals surface area contributed by atoms with Crippen LogP contribution in [0.5, 0.6) is 0 Å². The average Bonchev–Trinajstić information content (AvgIpc) is 2.83. The Morgan fingerprint density at radius 3 is 3.06 bits per heavy atom. The predicted octanol–water partition coefficient (Wildman–Crippen LogP) is 2.28. The molecule has 0 atom stereocenters. The summed E-state index contributed by atoms with van der Waals surface area (Å²) >= 11 is 1.83. The van der Waals surface area contributed by atoms with E-state index >= 15 is 0 Å². The van der Waals surface area contributed by atoms with Gasteiger partial charge in [-0.05, 0) is 44.7 Å². The lowest BCUT2D eigenvalue weighted by atomic mass is 10.2. The molecule has 0 aliphatic heterocycles. The van der Waals surface area contributed by atoms with Gasteiger partial charge in [0.15, 0.2) is 0 Å². The van der Waals surface area contributed by atoms with Crippen LogP contribution in [0.4, 0.5) is 0 Å². The summed E-state index contributed by atoms with van der Waals surface area (Å²) in [5, 5.41) is 2.89. The van der Waals surface area contributed by atoms with E-state index in [1.807, 2.05) is 25.2 Å². The van der Waals surface area contributed by atoms with E-state index in [1.165, 1.54) is 34.6 Å². The SMILES string of the molecule is CC(C)OCC(=O)NCc1cc2c(s1)CCC2. The lowest BCUT2D eigenvalue weighted by Gasteiger charge is -2.07. The second-order valence-electron chi connectivity index (χ2n) is 4.65. The third kappa shape index (κ3) is 3.54. The molecule has 0 unspecified atom stereocenters. The Morgan fingerprint density at radius 1 is 1.53 bits per heavy atom. The number of rotatable bonds is 5. The maximum absolute atomic E-state index is 11.5. The largest absolute Gasteiger partial charge is 0.369 e. The van der Waals surface area contributed by atoms with Gasteiger partial charge in [0.1, 0.15) is 6.61 Å². The summed E-state index contributed by atoms with van der Waals surface area (Å²) in [6, 6.07) is 2.23. The van der Waals surface area contributed by atoms with E-state index in [1.54, 1.807) is 0 Å². The average molecular weight is 253 g/mol. The topological polar surface area (TPSA) is 38.3 Å². The summed E-state index contributed by atoms with van der Waals surface area (Å²) in [7, 11) is 0. The second kappa shape index (κ2) is 5.65. The zero-order valence-electron chi connectivity index (χ0n) is 10.4. The standard InChI is InChI=1S/C13H19NO2S/c1-9(2)16-8-13(15)14-7-11-6-10-4-3-5-12(10)17-11/h6,9H,3-5,7-8H2,1-2H3,(H,14,15). The number of hydrogen-bond acceptors (Lipinski definition) is 3. The van der Waals surface area contributed by atoms with Gasteiger partial charge in [0.25, 0.3) is 0 Å². The van der Waals surface area contributed by atoms with Crippen LogP contribution >= 0.6 is 11.3 Å². The molecule has 94 valence electrons. The molecule has 4 heteroatoms. The van der Waals surface area contributed by atoms with Crippen LogP contribution in [-0.2, 0) is 28.9 Å². The van der Waals surface area contributed by atoms with Gasteiger partial charge >= 0.3 is 0 Å². The Balaban J connectivity index is 1.75. The van der Waals surface area contributed by atoms with Crippen molar-refractivity contribution in [3.05, 3.63) is 21.4 Å². The van der Waals surface area contributed by atoms with Crippen molar-refractivity contribution in [2.45, 2.75) is 45.8 Å². The first-order valence-corrected chi connectivity index (χ1v) is 6.95. The van der Waals surface area contributed by atoms with Gasteiger partial charge in [-0.25, -0.2) is 0 Å². The molecule has 3 nitrogen and oxygen atoms in total. The number of aryl methyl sites for hydroxylation is 2. The van der Waals surface area contributed by atoms with E-state index in [0.717, 1.165) is 0 Å². The highest BCUT2D eigenvalue weighted by Gasteiger charge is 2.14. The van der Waals surface area contributed by atoms with E-state index in [4.69, 9.17) is 4.74 Å². The van der Waals surface area contributed by atoms with Crippen LogP contribution in [0.3, 0.4) is 0 Å². The molecule has 1 amide bonds. The fraction of sp³-hybridized carbons (Fsp3) is 0.615. The van der Waals surface area contributed by atoms with Crippen LogP contribution < -0.4 is 5.32 Å². The summed E-state index contributed by atoms with van der Waals surface area (Å²) in [6.07, 6.45) is 3.81. The molecule has 0 fully saturated rings. The van der Waals surface area contributed by atoms with Crippen LogP contribution in [0.1, 0.15) is 35.6 Å². The van der Waals surface area contributed by atoms with Gasteiger partial charge in [0, 0.05) is 9.75 Å². The van der Waals surface area contributed by atoms with Crippen molar-refractivity contribution >= 4 is 17.2 Å². The maximum Gasteiger partial charge on any atom is 0.246 e. The van der Waals surface area contributed by atoms with Crippen molar-refractivity contribution in [1.29, 1.82) is 0 Å². The second-order valence-corrected chi connectivity index (χ2v) is 5.87. The monoisotopic (exact) mass is 253 g/mol. The van der Waals surface area contributed by atoms with Crippen molar-refractivity contribution in [2.75, 3.05) is 6.61 Å². The summed E-state index contributed by atoms with van der Waals surface area (Å²) in [5.74, 6) is -0.0349. The Hall–Kier alpha value is -0.870. The Bertz CT molecular complexity index is 377. The zero-order valence-corrected chi connectivity index (χ0v) is 11.2. The molecule has 0 spiro atoms. The first-order valence-electron chi connectivity index (χ1n) is 6.14. The number of amides is 1. The van der Waals surface area contributed by atoms with E-state index in [2.05, 4.69) is 11.4 Å². The van der Waals surface area contributed by atoms with Gasteiger partial charge in [-0.3, -0.25) is 4.79 Å². The van der Waals surface area contributed by atoms with Gasteiger partial charge in [0.2, 0.25) is 5.91 Å². The zero-order chi connectivity index (χ0) is 12.3. The number of thiophene rings is 1. The van der Waals surface area contributed by atoms with Gasteiger partial charge in [-0.2, -0.15) is 0 Å². The third-order valence-electron chi connectivity index (χ3n) is 2.81. The van der Waals surface area contributed by atoms with Crippen LogP contribution in [0, 0.1) is 0 Å². The number of nitrogens with one attached hydrogen (secondary N) is 1. The van der Waals surface area contributed by atoms with Crippen LogP contribution in [0.2, 0.25) is 0 Å². The van der Waals surface area contributed by atoms with Gasteiger partial charge in [-0.15, -0.1) is 11.3 Å². The maximum atomic E-state index is 11.5. The van der Waals surface area contributed by atoms with Crippen molar-refractivity contribution < 1.29 is 9.53 Å². The fourth-order valence-corrected chi connectivity index (χ4v) is 3.16. The summed E-state index contributed by atoms with van der Waals surface area (Å²) < 4.78 is 5.24. The lowest BCUT2D eigenvalue weighted by molar-refractivity contribution is -0.127. The van der Waals surface area contributed by atoms with Gasteiger partial charge < -0.3 is 10.1 Å². The van der Waals surface area contributed by atoms with Crippen LogP contribution in [-0.4, -0.2) is 18.6 Å². The van der Waals surface area contributed by atoms with Crippen molar-refractivity contribution in [3.63, 3.8) is 0 Å². The highest BCUT2D eigenvalue weighted by molar-refractivity contribution is 7.12. The minimum Gasteiger partial charge on any atom is -0.369 e. The molecule has 2 rings (SSSR count). The first-order chi connectivity index (χ1) is 8.15. The highest BCUT2D eigenvalue weighted by Crippen LogP contribution is 2.30. The molecule has 0 aromatic carbocycles. The van der Waals surface area contributed by atoms with Crippen molar-refractivity contribution in [3.8, 4) is 0 Å². The molecular weight excluding hydrogens is 234 g/mol. The molecule has 1 heterocycles. The molecule has 0 radical (unpaired) electrons. The number of hydrogen-bond donors (Lipinski definition) is 1. The van der Waals surface area contributed by atoms with E-state index in [0.29, 0.717) is 6.54 Å². The Labute approximate surface area is 106 Å². The predicted molar refractivity (Wildman–Crippen MR) is 69.3 cm³/mol. The molecule has 0 bridgehead atoms. The lowest BCUT2D eigenvalue weighted by Crippen LogP contribution is -2.28. The quantitative estimate of drug-likeness (QED) is 0.874. The van der Waals surface area contributed by atoms with Crippen molar-refractivity contribution in [1.82, 2.24) is 5.32 Å². The van der Waals surface area contributed by atoms with Gasteiger partial charge in [-0.1, -0.05) is 0 Å². The van der Waals surface area contributed by atoms with Crippen molar-refractivity contribution in [2.24, 2.45) is 0 Å². The Morgan fingerprint density at radius 2 is 2.35 bits per heavy atom. The minimum absolute atomic E-state index is 0.0349. The molecule has 17 heavy (non-hydrogen) atoms. The molecule has 1 aromatic rings. The molecule has 1 aromatic heterocycles. The molecular formula is C13H19NO2S. The number of ether oxygens (including phenoxy) is 1. The Kier molecular flexibility index (Phi) is 4.18. The van der Waals surface area contributed by atoms with Crippen LogP contribution in [0.15, 0.2) is 6.07 Å². The molecule has 1 aliphatic rings. The molecule has 1 N–H and O–H groups in total. The molecule has 1 aliphatic carbocycles. The molecule has 0 saturated carbocycles. The summed E-state index contributed by atoms with van der Waals surface area (Å²) in [5.41, 5.74) is 1.48. The van der Waals surface area contributed by atoms with Crippen LogP contribution in [0.25, 0.3) is 0 Å².